The monoisotopic (exact) mass is 660 g/mol. The Labute approximate surface area is 278 Å². The van der Waals surface area contributed by atoms with Gasteiger partial charge in [-0.15, -0.1) is 0 Å². The fraction of sp³-hybridized carbons (Fsp3) is 0.829. The number of aliphatic hydroxyl groups is 2. The van der Waals surface area contributed by atoms with Crippen molar-refractivity contribution in [2.24, 2.45) is 0 Å². The summed E-state index contributed by atoms with van der Waals surface area (Å²) >= 11 is 0. The molecule has 0 amide bonds. The predicted octanol–water partition coefficient (Wildman–Crippen LogP) is 4.15. The lowest BCUT2D eigenvalue weighted by molar-refractivity contribution is -0.0283. The second-order valence-corrected chi connectivity index (χ2v) is 10.8. The van der Waals surface area contributed by atoms with E-state index in [0.717, 1.165) is 12.0 Å². The van der Waals surface area contributed by atoms with Gasteiger partial charge < -0.3 is 52.8 Å². The van der Waals surface area contributed by atoms with E-state index in [1.54, 1.807) is 0 Å². The van der Waals surface area contributed by atoms with Crippen molar-refractivity contribution in [1.29, 1.82) is 0 Å². The van der Waals surface area contributed by atoms with Gasteiger partial charge in [-0.2, -0.15) is 0 Å². The molecule has 11 heteroatoms. The normalized spacial score (nSPS) is 12.2. The molecule has 0 spiro atoms. The zero-order chi connectivity index (χ0) is 33.0. The lowest BCUT2D eigenvalue weighted by Crippen LogP contribution is -2.15. The van der Waals surface area contributed by atoms with Gasteiger partial charge in [0.2, 0.25) is 0 Å². The summed E-state index contributed by atoms with van der Waals surface area (Å²) in [6.45, 7) is 10.7. The maximum Gasteiger partial charge on any atom is 0.102 e. The van der Waals surface area contributed by atoms with Crippen molar-refractivity contribution in [1.82, 2.24) is 0 Å². The predicted molar refractivity (Wildman–Crippen MR) is 178 cm³/mol. The molecular formula is C35H64O11. The Bertz CT molecular complexity index is 723. The third-order valence-corrected chi connectivity index (χ3v) is 6.92. The molecule has 0 fully saturated rings. The molecule has 2 N–H and O–H groups in total. The molecule has 1 aromatic carbocycles. The molecule has 0 saturated heterocycles. The number of hydrogen-bond acceptors (Lipinski definition) is 11. The number of ether oxygens (including phenoxy) is 9. The van der Waals surface area contributed by atoms with Gasteiger partial charge in [-0.25, -0.2) is 0 Å². The molecule has 1 rings (SSSR count). The van der Waals surface area contributed by atoms with E-state index in [1.807, 2.05) is 12.1 Å². The molecule has 1 unspecified atom stereocenters. The number of aliphatic hydroxyl groups excluding tert-OH is 2. The van der Waals surface area contributed by atoms with Gasteiger partial charge in [0.05, 0.1) is 126 Å². The molecule has 1 atom stereocenters. The number of benzene rings is 1. The van der Waals surface area contributed by atoms with Crippen LogP contribution in [0.5, 0.6) is 0 Å². The average molecular weight is 661 g/mol. The first-order valence-corrected chi connectivity index (χ1v) is 17.3. The fourth-order valence-corrected chi connectivity index (χ4v) is 4.31. The van der Waals surface area contributed by atoms with Gasteiger partial charge in [0, 0.05) is 0 Å². The molecule has 11 nitrogen and oxygen atoms in total. The minimum atomic E-state index is -0.632. The highest BCUT2D eigenvalue weighted by atomic mass is 16.6. The molecule has 0 bridgehead atoms. The molecule has 46 heavy (non-hydrogen) atoms. The molecule has 0 aliphatic heterocycles. The summed E-state index contributed by atoms with van der Waals surface area (Å²) in [5.74, 6) is 0. The third-order valence-electron chi connectivity index (χ3n) is 6.92. The Hall–Kier alpha value is -1.22. The van der Waals surface area contributed by atoms with E-state index < -0.39 is 6.10 Å². The van der Waals surface area contributed by atoms with E-state index >= 15 is 0 Å². The van der Waals surface area contributed by atoms with Crippen LogP contribution in [0.25, 0.3) is 0 Å². The molecule has 0 saturated carbocycles. The van der Waals surface area contributed by atoms with E-state index in [0.29, 0.717) is 112 Å². The lowest BCUT2D eigenvalue weighted by Gasteiger charge is -2.13. The van der Waals surface area contributed by atoms with Crippen molar-refractivity contribution in [3.05, 3.63) is 35.4 Å². The smallest absolute Gasteiger partial charge is 0.102 e. The molecule has 0 radical (unpaired) electrons. The van der Waals surface area contributed by atoms with Crippen LogP contribution in [0, 0.1) is 0 Å². The van der Waals surface area contributed by atoms with Crippen LogP contribution in [0.3, 0.4) is 0 Å². The van der Waals surface area contributed by atoms with E-state index in [4.69, 9.17) is 47.7 Å². The Morgan fingerprint density at radius 2 is 0.804 bits per heavy atom. The van der Waals surface area contributed by atoms with Crippen molar-refractivity contribution < 1.29 is 52.8 Å². The van der Waals surface area contributed by atoms with Gasteiger partial charge in [0.1, 0.15) is 6.10 Å². The highest BCUT2D eigenvalue weighted by Crippen LogP contribution is 2.16. The number of rotatable bonds is 37. The van der Waals surface area contributed by atoms with Crippen molar-refractivity contribution >= 4 is 0 Å². The van der Waals surface area contributed by atoms with Crippen LogP contribution in [0.4, 0.5) is 0 Å². The highest BCUT2D eigenvalue weighted by Gasteiger charge is 2.08. The third kappa shape index (κ3) is 29.0. The molecule has 0 aliphatic carbocycles. The zero-order valence-electron chi connectivity index (χ0n) is 28.5. The van der Waals surface area contributed by atoms with Gasteiger partial charge in [0.25, 0.3) is 0 Å². The summed E-state index contributed by atoms with van der Waals surface area (Å²) in [5.41, 5.74) is 2.21. The Morgan fingerprint density at radius 1 is 0.457 bits per heavy atom. The van der Waals surface area contributed by atoms with Gasteiger partial charge in [-0.3, -0.25) is 0 Å². The molecular weight excluding hydrogens is 596 g/mol. The highest BCUT2D eigenvalue weighted by molar-refractivity contribution is 5.24. The minimum Gasteiger partial charge on any atom is -0.394 e. The first-order chi connectivity index (χ1) is 22.8. The van der Waals surface area contributed by atoms with Gasteiger partial charge in [-0.05, 0) is 24.0 Å². The second-order valence-electron chi connectivity index (χ2n) is 10.8. The summed E-state index contributed by atoms with van der Waals surface area (Å²) in [4.78, 5) is 0. The van der Waals surface area contributed by atoms with Crippen LogP contribution in [0.2, 0.25) is 0 Å². The SMILES string of the molecule is CCCCCCCCCc1ccc(C(O)COCCOCCOCCOCCOCCOCCOCCOCCOCCO)cc1. The standard InChI is InChI=1S/C35H64O11/c1-2-3-4-5-6-7-8-9-33-10-12-34(13-11-33)35(37)32-46-31-30-45-29-28-44-27-26-43-25-24-42-23-22-41-21-20-40-19-18-39-17-16-38-15-14-36/h10-13,35-37H,2-9,14-32H2,1H3. The molecule has 0 aromatic heterocycles. The van der Waals surface area contributed by atoms with E-state index in [1.165, 1.54) is 50.5 Å². The average Bonchev–Trinajstić information content (AvgIpc) is 3.07. The van der Waals surface area contributed by atoms with Crippen molar-refractivity contribution in [2.45, 2.75) is 64.4 Å². The van der Waals surface area contributed by atoms with Crippen LogP contribution in [0.1, 0.15) is 69.1 Å². The number of hydrogen-bond donors (Lipinski definition) is 2. The summed E-state index contributed by atoms with van der Waals surface area (Å²) in [7, 11) is 0. The van der Waals surface area contributed by atoms with Crippen LogP contribution < -0.4 is 0 Å². The minimum absolute atomic E-state index is 0.0254. The maximum atomic E-state index is 10.4. The molecule has 1 aromatic rings. The van der Waals surface area contributed by atoms with Crippen LogP contribution in [-0.4, -0.2) is 136 Å². The Kier molecular flexibility index (Phi) is 32.7. The van der Waals surface area contributed by atoms with Crippen LogP contribution in [-0.2, 0) is 49.1 Å². The summed E-state index contributed by atoms with van der Waals surface area (Å²) in [6.07, 6.45) is 9.69. The van der Waals surface area contributed by atoms with Crippen LogP contribution >= 0.6 is 0 Å². The largest absolute Gasteiger partial charge is 0.394 e. The molecule has 270 valence electrons. The molecule has 0 aliphatic rings. The first kappa shape index (κ1) is 42.8. The Balaban J connectivity index is 1.77. The van der Waals surface area contributed by atoms with Gasteiger partial charge >= 0.3 is 0 Å². The van der Waals surface area contributed by atoms with Gasteiger partial charge in [0.15, 0.2) is 0 Å². The van der Waals surface area contributed by atoms with Crippen molar-refractivity contribution in [3.8, 4) is 0 Å². The zero-order valence-corrected chi connectivity index (χ0v) is 28.5. The van der Waals surface area contributed by atoms with E-state index in [-0.39, 0.29) is 13.2 Å². The van der Waals surface area contributed by atoms with E-state index in [2.05, 4.69) is 19.1 Å². The first-order valence-electron chi connectivity index (χ1n) is 17.3. The topological polar surface area (TPSA) is 124 Å². The summed E-state index contributed by atoms with van der Waals surface area (Å²) in [5, 5.41) is 19.0. The second kappa shape index (κ2) is 35.1. The van der Waals surface area contributed by atoms with Gasteiger partial charge in [-0.1, -0.05) is 69.7 Å². The molecule has 0 heterocycles. The summed E-state index contributed by atoms with van der Waals surface area (Å²) in [6, 6.07) is 8.25. The summed E-state index contributed by atoms with van der Waals surface area (Å²) < 4.78 is 48.8. The van der Waals surface area contributed by atoms with Crippen molar-refractivity contribution in [2.75, 3.05) is 126 Å². The lowest BCUT2D eigenvalue weighted by atomic mass is 10.0. The van der Waals surface area contributed by atoms with Crippen LogP contribution in [0.15, 0.2) is 24.3 Å². The number of unbranched alkanes of at least 4 members (excludes halogenated alkanes) is 6. The van der Waals surface area contributed by atoms with E-state index in [9.17, 15) is 5.11 Å². The van der Waals surface area contributed by atoms with Crippen molar-refractivity contribution in [3.63, 3.8) is 0 Å². The fourth-order valence-electron chi connectivity index (χ4n) is 4.31. The quantitative estimate of drug-likeness (QED) is 0.100. The Morgan fingerprint density at radius 3 is 1.20 bits per heavy atom. The number of aryl methyl sites for hydroxylation is 1. The maximum absolute atomic E-state index is 10.4.